The molecule has 0 radical (unpaired) electrons. The smallest absolute Gasteiger partial charge is 0.337 e. The lowest BCUT2D eigenvalue weighted by Crippen LogP contribution is -2.48. The number of aromatic carboxylic acids is 1. The summed E-state index contributed by atoms with van der Waals surface area (Å²) in [5.41, 5.74) is 4.84. The zero-order valence-corrected chi connectivity index (χ0v) is 20.5. The SMILES string of the molecule is CN(c1ccc(C23CC4CC(CC(C4)C2)C3)cc1)c1ccc(N(C)c2ccccc2C(=O)O)cn1. The summed E-state index contributed by atoms with van der Waals surface area (Å²) >= 11 is 0. The summed E-state index contributed by atoms with van der Waals surface area (Å²) in [5, 5.41) is 9.52. The number of anilines is 4. The summed E-state index contributed by atoms with van der Waals surface area (Å²) in [6.45, 7) is 0. The first-order valence-corrected chi connectivity index (χ1v) is 12.8. The Hall–Kier alpha value is -3.34. The van der Waals surface area contributed by atoms with Gasteiger partial charge in [0.1, 0.15) is 5.82 Å². The zero-order valence-electron chi connectivity index (χ0n) is 20.5. The first-order valence-electron chi connectivity index (χ1n) is 12.8. The van der Waals surface area contributed by atoms with Crippen molar-refractivity contribution >= 4 is 28.8 Å². The summed E-state index contributed by atoms with van der Waals surface area (Å²) in [5.74, 6) is 2.77. The standard InChI is InChI=1S/C30H33N3O2/c1-32(27-6-4-3-5-26(27)29(34)35)25-11-12-28(31-19-25)33(2)24-9-7-23(8-10-24)30-16-20-13-21(17-30)15-22(14-20)18-30/h3-12,19-22H,13-18H2,1-2H3,(H,34,35). The average molecular weight is 468 g/mol. The van der Waals surface area contributed by atoms with Crippen molar-refractivity contribution in [3.63, 3.8) is 0 Å². The molecule has 4 aliphatic carbocycles. The van der Waals surface area contributed by atoms with Gasteiger partial charge in [-0.3, -0.25) is 0 Å². The number of pyridine rings is 1. The minimum Gasteiger partial charge on any atom is -0.478 e. The third-order valence-corrected chi connectivity index (χ3v) is 8.86. The van der Waals surface area contributed by atoms with Crippen LogP contribution in [-0.4, -0.2) is 30.2 Å². The van der Waals surface area contributed by atoms with Gasteiger partial charge in [-0.15, -0.1) is 0 Å². The van der Waals surface area contributed by atoms with Crippen molar-refractivity contribution in [2.24, 2.45) is 17.8 Å². The van der Waals surface area contributed by atoms with E-state index in [1.807, 2.05) is 43.3 Å². The van der Waals surface area contributed by atoms with Crippen LogP contribution in [0.25, 0.3) is 0 Å². The molecule has 0 spiro atoms. The quantitative estimate of drug-likeness (QED) is 0.433. The molecule has 35 heavy (non-hydrogen) atoms. The summed E-state index contributed by atoms with van der Waals surface area (Å²) in [7, 11) is 3.91. The highest BCUT2D eigenvalue weighted by atomic mass is 16.4. The summed E-state index contributed by atoms with van der Waals surface area (Å²) in [4.78, 5) is 20.3. The van der Waals surface area contributed by atoms with Crippen molar-refractivity contribution in [3.05, 3.63) is 78.0 Å². The molecule has 0 saturated heterocycles. The van der Waals surface area contributed by atoms with E-state index in [2.05, 4.69) is 34.1 Å². The van der Waals surface area contributed by atoms with Gasteiger partial charge in [-0.05, 0) is 104 Å². The predicted octanol–water partition coefficient (Wildman–Crippen LogP) is 6.78. The Morgan fingerprint density at radius 2 is 1.43 bits per heavy atom. The lowest BCUT2D eigenvalue weighted by molar-refractivity contribution is -0.00518. The molecule has 0 unspecified atom stereocenters. The van der Waals surface area contributed by atoms with Crippen molar-refractivity contribution in [1.82, 2.24) is 4.98 Å². The largest absolute Gasteiger partial charge is 0.478 e. The molecule has 3 aromatic rings. The number of para-hydroxylation sites is 1. The van der Waals surface area contributed by atoms with Crippen molar-refractivity contribution in [1.29, 1.82) is 0 Å². The molecule has 1 heterocycles. The molecule has 0 atom stereocenters. The van der Waals surface area contributed by atoms with Crippen LogP contribution in [0.2, 0.25) is 0 Å². The van der Waals surface area contributed by atoms with Gasteiger partial charge in [0.25, 0.3) is 0 Å². The fourth-order valence-electron chi connectivity index (χ4n) is 7.50. The van der Waals surface area contributed by atoms with Gasteiger partial charge in [-0.25, -0.2) is 9.78 Å². The summed E-state index contributed by atoms with van der Waals surface area (Å²) in [6, 6.07) is 20.2. The van der Waals surface area contributed by atoms with Crippen LogP contribution in [0.3, 0.4) is 0 Å². The number of benzene rings is 2. The number of carbonyl (C=O) groups is 1. The van der Waals surface area contributed by atoms with E-state index in [0.717, 1.165) is 34.9 Å². The average Bonchev–Trinajstić information content (AvgIpc) is 2.87. The van der Waals surface area contributed by atoms with E-state index in [-0.39, 0.29) is 5.56 Å². The van der Waals surface area contributed by atoms with E-state index in [9.17, 15) is 9.90 Å². The molecule has 1 aromatic heterocycles. The number of aromatic nitrogens is 1. The molecule has 7 rings (SSSR count). The molecule has 4 aliphatic rings. The van der Waals surface area contributed by atoms with Gasteiger partial charge < -0.3 is 14.9 Å². The first kappa shape index (κ1) is 22.1. The minimum atomic E-state index is -0.936. The maximum Gasteiger partial charge on any atom is 0.337 e. The molecule has 4 saturated carbocycles. The van der Waals surface area contributed by atoms with Gasteiger partial charge in [0.2, 0.25) is 0 Å². The number of carboxylic acid groups (broad SMARTS) is 1. The fraction of sp³-hybridized carbons (Fsp3) is 0.400. The van der Waals surface area contributed by atoms with E-state index in [1.165, 1.54) is 44.1 Å². The van der Waals surface area contributed by atoms with E-state index in [4.69, 9.17) is 0 Å². The van der Waals surface area contributed by atoms with Crippen LogP contribution >= 0.6 is 0 Å². The van der Waals surface area contributed by atoms with Crippen molar-refractivity contribution < 1.29 is 9.90 Å². The molecule has 4 fully saturated rings. The Morgan fingerprint density at radius 1 is 0.829 bits per heavy atom. The highest BCUT2D eigenvalue weighted by molar-refractivity contribution is 5.95. The first-order chi connectivity index (χ1) is 16.9. The van der Waals surface area contributed by atoms with Crippen LogP contribution < -0.4 is 9.80 Å². The second-order valence-electron chi connectivity index (χ2n) is 11.1. The molecule has 1 N–H and O–H groups in total. The molecular weight excluding hydrogens is 434 g/mol. The van der Waals surface area contributed by atoms with Gasteiger partial charge in [-0.1, -0.05) is 24.3 Å². The number of rotatable bonds is 6. The molecule has 180 valence electrons. The van der Waals surface area contributed by atoms with E-state index in [0.29, 0.717) is 11.1 Å². The number of carboxylic acids is 1. The third-order valence-electron chi connectivity index (χ3n) is 8.86. The number of nitrogens with zero attached hydrogens (tertiary/aromatic N) is 3. The summed E-state index contributed by atoms with van der Waals surface area (Å²) < 4.78 is 0. The van der Waals surface area contributed by atoms with Crippen LogP contribution in [0.15, 0.2) is 66.9 Å². The van der Waals surface area contributed by atoms with Crippen LogP contribution in [-0.2, 0) is 5.41 Å². The molecule has 2 aromatic carbocycles. The second-order valence-corrected chi connectivity index (χ2v) is 11.1. The Kier molecular flexibility index (Phi) is 5.32. The van der Waals surface area contributed by atoms with Gasteiger partial charge in [0.15, 0.2) is 0 Å². The van der Waals surface area contributed by atoms with E-state index < -0.39 is 5.97 Å². The van der Waals surface area contributed by atoms with Crippen LogP contribution in [0.4, 0.5) is 22.9 Å². The van der Waals surface area contributed by atoms with Crippen LogP contribution in [0, 0.1) is 17.8 Å². The molecular formula is C30H33N3O2. The zero-order chi connectivity index (χ0) is 24.2. The van der Waals surface area contributed by atoms with Crippen LogP contribution in [0.1, 0.15) is 54.4 Å². The van der Waals surface area contributed by atoms with E-state index in [1.54, 1.807) is 18.3 Å². The van der Waals surface area contributed by atoms with Crippen molar-refractivity contribution in [2.45, 2.75) is 43.9 Å². The van der Waals surface area contributed by atoms with E-state index >= 15 is 0 Å². The summed E-state index contributed by atoms with van der Waals surface area (Å²) in [6.07, 6.45) is 10.4. The maximum absolute atomic E-state index is 11.6. The van der Waals surface area contributed by atoms with Gasteiger partial charge >= 0.3 is 5.97 Å². The van der Waals surface area contributed by atoms with Crippen molar-refractivity contribution in [2.75, 3.05) is 23.9 Å². The second kappa shape index (κ2) is 8.40. The molecule has 0 amide bonds. The lowest BCUT2D eigenvalue weighted by Gasteiger charge is -2.57. The minimum absolute atomic E-state index is 0.273. The monoisotopic (exact) mass is 467 g/mol. The molecule has 5 nitrogen and oxygen atoms in total. The van der Waals surface area contributed by atoms with Gasteiger partial charge in [-0.2, -0.15) is 0 Å². The van der Waals surface area contributed by atoms with Crippen molar-refractivity contribution in [3.8, 4) is 0 Å². The van der Waals surface area contributed by atoms with Gasteiger partial charge in [0, 0.05) is 19.8 Å². The lowest BCUT2D eigenvalue weighted by atomic mass is 9.48. The van der Waals surface area contributed by atoms with Crippen LogP contribution in [0.5, 0.6) is 0 Å². The highest BCUT2D eigenvalue weighted by Crippen LogP contribution is 2.60. The topological polar surface area (TPSA) is 56.7 Å². The fourth-order valence-corrected chi connectivity index (χ4v) is 7.50. The van der Waals surface area contributed by atoms with Gasteiger partial charge in [0.05, 0.1) is 23.1 Å². The molecule has 0 aliphatic heterocycles. The highest BCUT2D eigenvalue weighted by Gasteiger charge is 2.51. The Morgan fingerprint density at radius 3 is 2.00 bits per heavy atom. The number of hydrogen-bond donors (Lipinski definition) is 1. The Bertz CT molecular complexity index is 1200. The third kappa shape index (κ3) is 3.87. The normalized spacial score (nSPS) is 26.5. The predicted molar refractivity (Wildman–Crippen MR) is 140 cm³/mol. The maximum atomic E-state index is 11.6. The molecule has 5 heteroatoms. The Balaban J connectivity index is 1.19. The molecule has 4 bridgehead atoms. The Labute approximate surface area is 207 Å². The number of hydrogen-bond acceptors (Lipinski definition) is 4.